The Morgan fingerprint density at radius 3 is 2.03 bits per heavy atom. The van der Waals surface area contributed by atoms with Gasteiger partial charge in [-0.2, -0.15) is 0 Å². The summed E-state index contributed by atoms with van der Waals surface area (Å²) in [5, 5.41) is 0. The van der Waals surface area contributed by atoms with Gasteiger partial charge in [-0.25, -0.2) is 4.79 Å². The summed E-state index contributed by atoms with van der Waals surface area (Å²) in [6, 6.07) is 18.9. The molecule has 5 heteroatoms. The van der Waals surface area contributed by atoms with E-state index in [0.717, 1.165) is 11.1 Å². The molecule has 150 valence electrons. The van der Waals surface area contributed by atoms with Crippen LogP contribution in [0.25, 0.3) is 0 Å². The van der Waals surface area contributed by atoms with Crippen LogP contribution in [0.4, 0.5) is 0 Å². The van der Waals surface area contributed by atoms with Crippen molar-refractivity contribution in [1.82, 2.24) is 4.90 Å². The first-order valence-corrected chi connectivity index (χ1v) is 9.33. The number of benzene rings is 2. The maximum absolute atomic E-state index is 12.9. The molecule has 0 aliphatic rings. The zero-order valence-electron chi connectivity index (χ0n) is 16.7. The number of hydrogen-bond acceptors (Lipinski definition) is 4. The summed E-state index contributed by atoms with van der Waals surface area (Å²) in [7, 11) is 1.31. The Kier molecular flexibility index (Phi) is 8.57. The summed E-state index contributed by atoms with van der Waals surface area (Å²) in [6.07, 6.45) is 6.04. The fourth-order valence-electron chi connectivity index (χ4n) is 2.82. The minimum Gasteiger partial charge on any atom is -0.466 e. The summed E-state index contributed by atoms with van der Waals surface area (Å²) in [5.74, 6) is -1.00. The number of ketones is 1. The molecular formula is C24H25NO4. The van der Waals surface area contributed by atoms with Gasteiger partial charge in [-0.1, -0.05) is 66.7 Å². The summed E-state index contributed by atoms with van der Waals surface area (Å²) < 4.78 is 4.70. The monoisotopic (exact) mass is 391 g/mol. The molecule has 0 aromatic heterocycles. The highest BCUT2D eigenvalue weighted by Crippen LogP contribution is 2.16. The number of ether oxygens (including phenoxy) is 1. The van der Waals surface area contributed by atoms with Crippen LogP contribution in [-0.4, -0.2) is 35.7 Å². The quantitative estimate of drug-likeness (QED) is 0.485. The Bertz CT molecular complexity index is 872. The van der Waals surface area contributed by atoms with Crippen molar-refractivity contribution >= 4 is 17.7 Å². The van der Waals surface area contributed by atoms with E-state index in [1.807, 2.05) is 60.7 Å². The van der Waals surface area contributed by atoms with Gasteiger partial charge in [-0.15, -0.1) is 0 Å². The van der Waals surface area contributed by atoms with E-state index in [0.29, 0.717) is 13.0 Å². The first kappa shape index (κ1) is 21.8. The number of esters is 1. The molecule has 0 heterocycles. The molecule has 0 radical (unpaired) electrons. The summed E-state index contributed by atoms with van der Waals surface area (Å²) in [5.41, 5.74) is 1.97. The fraction of sp³-hybridized carbons (Fsp3) is 0.208. The molecule has 2 rings (SSSR count). The van der Waals surface area contributed by atoms with Gasteiger partial charge in [0.15, 0.2) is 5.78 Å². The predicted molar refractivity (Wildman–Crippen MR) is 112 cm³/mol. The molecule has 0 fully saturated rings. The van der Waals surface area contributed by atoms with Crippen LogP contribution in [-0.2, 0) is 32.1 Å². The van der Waals surface area contributed by atoms with Gasteiger partial charge in [0, 0.05) is 18.7 Å². The molecule has 0 aliphatic carbocycles. The largest absolute Gasteiger partial charge is 0.466 e. The normalized spacial score (nSPS) is 12.1. The van der Waals surface area contributed by atoms with E-state index in [1.54, 1.807) is 11.0 Å². The smallest absolute Gasteiger partial charge is 0.330 e. The van der Waals surface area contributed by atoms with Crippen LogP contribution in [0, 0.1) is 0 Å². The Labute approximate surface area is 171 Å². The van der Waals surface area contributed by atoms with Crippen LogP contribution < -0.4 is 0 Å². The molecule has 29 heavy (non-hydrogen) atoms. The third-order valence-corrected chi connectivity index (χ3v) is 4.28. The molecule has 0 spiro atoms. The average Bonchev–Trinajstić information content (AvgIpc) is 2.74. The second-order valence-electron chi connectivity index (χ2n) is 6.54. The lowest BCUT2D eigenvalue weighted by Crippen LogP contribution is -2.39. The molecule has 0 aliphatic heterocycles. The van der Waals surface area contributed by atoms with E-state index in [1.165, 1.54) is 32.3 Å². The van der Waals surface area contributed by atoms with Gasteiger partial charge < -0.3 is 9.64 Å². The topological polar surface area (TPSA) is 63.7 Å². The average molecular weight is 391 g/mol. The lowest BCUT2D eigenvalue weighted by Gasteiger charge is -2.29. The highest BCUT2D eigenvalue weighted by molar-refractivity contribution is 5.96. The number of hydrogen-bond donors (Lipinski definition) is 0. The number of allylic oxidation sites excluding steroid dienone is 1. The Morgan fingerprint density at radius 1 is 0.897 bits per heavy atom. The molecule has 0 saturated carbocycles. The van der Waals surface area contributed by atoms with Crippen LogP contribution in [0.3, 0.4) is 0 Å². The van der Waals surface area contributed by atoms with Crippen molar-refractivity contribution in [2.75, 3.05) is 7.11 Å². The maximum Gasteiger partial charge on any atom is 0.330 e. The maximum atomic E-state index is 12.9. The van der Waals surface area contributed by atoms with Crippen molar-refractivity contribution in [3.63, 3.8) is 0 Å². The van der Waals surface area contributed by atoms with E-state index >= 15 is 0 Å². The number of carbonyl (C=O) groups is 3. The number of nitrogens with zero attached hydrogens (tertiary/aromatic N) is 1. The van der Waals surface area contributed by atoms with Crippen LogP contribution in [0.2, 0.25) is 0 Å². The van der Waals surface area contributed by atoms with E-state index in [4.69, 9.17) is 4.74 Å². The third kappa shape index (κ3) is 7.58. The van der Waals surface area contributed by atoms with E-state index < -0.39 is 12.0 Å². The first-order valence-electron chi connectivity index (χ1n) is 9.33. The molecule has 0 unspecified atom stereocenters. The summed E-state index contributed by atoms with van der Waals surface area (Å²) >= 11 is 0. The first-order chi connectivity index (χ1) is 14.0. The van der Waals surface area contributed by atoms with Gasteiger partial charge in [0.2, 0.25) is 5.91 Å². The van der Waals surface area contributed by atoms with Gasteiger partial charge in [0.05, 0.1) is 13.2 Å². The van der Waals surface area contributed by atoms with Crippen LogP contribution >= 0.6 is 0 Å². The van der Waals surface area contributed by atoms with E-state index in [2.05, 4.69) is 0 Å². The second kappa shape index (κ2) is 11.4. The van der Waals surface area contributed by atoms with Gasteiger partial charge in [0.1, 0.15) is 0 Å². The zero-order chi connectivity index (χ0) is 21.1. The second-order valence-corrected chi connectivity index (χ2v) is 6.54. The molecule has 0 saturated heterocycles. The summed E-state index contributed by atoms with van der Waals surface area (Å²) in [6.45, 7) is 1.73. The van der Waals surface area contributed by atoms with E-state index in [9.17, 15) is 14.4 Å². The minimum absolute atomic E-state index is 0.206. The number of rotatable bonds is 9. The van der Waals surface area contributed by atoms with Crippen molar-refractivity contribution in [3.8, 4) is 0 Å². The van der Waals surface area contributed by atoms with Crippen molar-refractivity contribution in [2.24, 2.45) is 0 Å². The Balaban J connectivity index is 2.39. The molecule has 1 atom stereocenters. The highest BCUT2D eigenvalue weighted by Gasteiger charge is 2.21. The highest BCUT2D eigenvalue weighted by atomic mass is 16.5. The molecule has 0 N–H and O–H groups in total. The predicted octanol–water partition coefficient (Wildman–Crippen LogP) is 3.50. The SMILES string of the molecule is COC(=O)C=C[C@H](Cc1ccccc1)N(Cc1ccccc1)C(=O)C=CC(C)=O. The molecule has 2 aromatic carbocycles. The molecule has 5 nitrogen and oxygen atoms in total. The van der Waals surface area contributed by atoms with Gasteiger partial charge in [-0.3, -0.25) is 9.59 Å². The lowest BCUT2D eigenvalue weighted by atomic mass is 10.0. The summed E-state index contributed by atoms with van der Waals surface area (Å²) in [4.78, 5) is 37.5. The fourth-order valence-corrected chi connectivity index (χ4v) is 2.82. The standard InChI is InChI=1S/C24H25NO4/c1-19(26)13-15-23(27)25(18-21-11-7-4-8-12-21)22(14-16-24(28)29-2)17-20-9-5-3-6-10-20/h3-16,22H,17-18H2,1-2H3/t22-/m1/s1. The number of methoxy groups -OCH3 is 1. The molecule has 1 amide bonds. The molecule has 2 aromatic rings. The number of carbonyl (C=O) groups excluding carboxylic acids is 3. The number of amides is 1. The van der Waals surface area contributed by atoms with Crippen LogP contribution in [0.5, 0.6) is 0 Å². The van der Waals surface area contributed by atoms with Gasteiger partial charge in [-0.05, 0) is 30.5 Å². The zero-order valence-corrected chi connectivity index (χ0v) is 16.7. The van der Waals surface area contributed by atoms with Crippen molar-refractivity contribution in [1.29, 1.82) is 0 Å². The Morgan fingerprint density at radius 2 is 1.48 bits per heavy atom. The Hall–Kier alpha value is -3.47. The van der Waals surface area contributed by atoms with Gasteiger partial charge in [0.25, 0.3) is 0 Å². The lowest BCUT2D eigenvalue weighted by molar-refractivity contribution is -0.135. The van der Waals surface area contributed by atoms with Crippen LogP contribution in [0.1, 0.15) is 18.1 Å². The third-order valence-electron chi connectivity index (χ3n) is 4.28. The van der Waals surface area contributed by atoms with E-state index in [-0.39, 0.29) is 11.7 Å². The van der Waals surface area contributed by atoms with Crippen LogP contribution in [0.15, 0.2) is 85.0 Å². The van der Waals surface area contributed by atoms with Gasteiger partial charge >= 0.3 is 5.97 Å². The van der Waals surface area contributed by atoms with Crippen molar-refractivity contribution in [2.45, 2.75) is 25.9 Å². The van der Waals surface area contributed by atoms with Crippen molar-refractivity contribution in [3.05, 3.63) is 96.1 Å². The van der Waals surface area contributed by atoms with Crippen molar-refractivity contribution < 1.29 is 19.1 Å². The molecular weight excluding hydrogens is 366 g/mol. The molecule has 0 bridgehead atoms. The minimum atomic E-state index is -0.491.